The van der Waals surface area contributed by atoms with Crippen molar-refractivity contribution in [1.29, 1.82) is 0 Å². The highest BCUT2D eigenvalue weighted by Crippen LogP contribution is 2.44. The summed E-state index contributed by atoms with van der Waals surface area (Å²) in [5.41, 5.74) is 4.13. The van der Waals surface area contributed by atoms with Crippen LogP contribution in [0.25, 0.3) is 0 Å². The number of aryl methyl sites for hydroxylation is 1. The van der Waals surface area contributed by atoms with Crippen LogP contribution in [0, 0.1) is 6.92 Å². The minimum atomic E-state index is -0.491. The molecule has 1 fully saturated rings. The van der Waals surface area contributed by atoms with Gasteiger partial charge in [-0.2, -0.15) is 0 Å². The van der Waals surface area contributed by atoms with Crippen LogP contribution in [0.5, 0.6) is 5.75 Å². The minimum Gasteiger partial charge on any atom is -0.487 e. The van der Waals surface area contributed by atoms with Crippen LogP contribution >= 0.6 is 0 Å². The zero-order valence-corrected chi connectivity index (χ0v) is 18.7. The molecule has 2 aromatic rings. The SMILES string of the molecule is Cc1ccc2c(c1)[C@H](O)CC1(CCN(C[C@H](O)c3ccc(C(C)(C)C)cc3)CC1)O2. The fourth-order valence-electron chi connectivity index (χ4n) is 4.76. The first-order chi connectivity index (χ1) is 14.2. The van der Waals surface area contributed by atoms with Crippen molar-refractivity contribution in [2.75, 3.05) is 19.6 Å². The predicted octanol–water partition coefficient (Wildman–Crippen LogP) is 4.68. The summed E-state index contributed by atoms with van der Waals surface area (Å²) < 4.78 is 6.42. The van der Waals surface area contributed by atoms with Gasteiger partial charge in [0.05, 0.1) is 12.2 Å². The van der Waals surface area contributed by atoms with E-state index in [1.165, 1.54) is 5.56 Å². The number of piperidine rings is 1. The standard InChI is InChI=1S/C26H35NO3/c1-18-5-10-24-21(15-18)22(28)16-26(30-24)11-13-27(14-12-26)17-23(29)19-6-8-20(9-7-19)25(2,3)4/h5-10,15,22-23,28-29H,11-14,16-17H2,1-4H3/t22-,23+/m1/s1. The van der Waals surface area contributed by atoms with Crippen LogP contribution in [0.4, 0.5) is 0 Å². The lowest BCUT2D eigenvalue weighted by Crippen LogP contribution is -2.51. The minimum absolute atomic E-state index is 0.118. The van der Waals surface area contributed by atoms with Gasteiger partial charge in [-0.1, -0.05) is 56.7 Å². The van der Waals surface area contributed by atoms with E-state index in [-0.39, 0.29) is 11.0 Å². The molecule has 4 rings (SSSR count). The summed E-state index contributed by atoms with van der Waals surface area (Å²) in [6.45, 7) is 11.0. The van der Waals surface area contributed by atoms with Crippen LogP contribution in [-0.2, 0) is 5.41 Å². The number of benzene rings is 2. The van der Waals surface area contributed by atoms with Gasteiger partial charge >= 0.3 is 0 Å². The Morgan fingerprint density at radius 3 is 2.40 bits per heavy atom. The number of ether oxygens (including phenoxy) is 1. The highest BCUT2D eigenvalue weighted by molar-refractivity contribution is 5.41. The van der Waals surface area contributed by atoms with E-state index >= 15 is 0 Å². The van der Waals surface area contributed by atoms with Crippen molar-refractivity contribution in [2.45, 2.75) is 70.2 Å². The number of hydrogen-bond acceptors (Lipinski definition) is 4. The Balaban J connectivity index is 1.36. The van der Waals surface area contributed by atoms with Crippen LogP contribution in [0.3, 0.4) is 0 Å². The maximum Gasteiger partial charge on any atom is 0.125 e. The maximum atomic E-state index is 10.8. The first kappa shape index (κ1) is 21.4. The molecule has 2 aliphatic heterocycles. The molecule has 0 saturated carbocycles. The quantitative estimate of drug-likeness (QED) is 0.773. The Bertz CT molecular complexity index is 876. The number of likely N-dealkylation sites (tertiary alicyclic amines) is 1. The van der Waals surface area contributed by atoms with E-state index in [1.54, 1.807) is 0 Å². The molecule has 2 aliphatic rings. The topological polar surface area (TPSA) is 52.9 Å². The summed E-state index contributed by atoms with van der Waals surface area (Å²) in [5.74, 6) is 0.826. The van der Waals surface area contributed by atoms with Crippen LogP contribution in [0.2, 0.25) is 0 Å². The van der Waals surface area contributed by atoms with Crippen LogP contribution in [-0.4, -0.2) is 40.3 Å². The third kappa shape index (κ3) is 4.41. The average Bonchev–Trinajstić information content (AvgIpc) is 2.70. The molecule has 0 radical (unpaired) electrons. The van der Waals surface area contributed by atoms with E-state index in [0.717, 1.165) is 48.4 Å². The summed E-state index contributed by atoms with van der Waals surface area (Å²) in [5, 5.41) is 21.5. The number of rotatable bonds is 3. The summed E-state index contributed by atoms with van der Waals surface area (Å²) in [6, 6.07) is 14.4. The number of aliphatic hydroxyl groups excluding tert-OH is 2. The first-order valence-corrected chi connectivity index (χ1v) is 11.1. The first-order valence-electron chi connectivity index (χ1n) is 11.1. The smallest absolute Gasteiger partial charge is 0.125 e. The molecule has 30 heavy (non-hydrogen) atoms. The zero-order chi connectivity index (χ0) is 21.5. The fourth-order valence-corrected chi connectivity index (χ4v) is 4.76. The molecule has 0 bridgehead atoms. The molecule has 162 valence electrons. The molecule has 0 aromatic heterocycles. The lowest BCUT2D eigenvalue weighted by Gasteiger charge is -2.46. The van der Waals surface area contributed by atoms with Gasteiger partial charge in [0, 0.05) is 31.6 Å². The summed E-state index contributed by atoms with van der Waals surface area (Å²) in [4.78, 5) is 2.31. The number of nitrogens with zero attached hydrogens (tertiary/aromatic N) is 1. The van der Waals surface area contributed by atoms with E-state index in [1.807, 2.05) is 25.1 Å². The van der Waals surface area contributed by atoms with Gasteiger partial charge in [-0.25, -0.2) is 0 Å². The normalized spacial score (nSPS) is 22.4. The molecule has 1 saturated heterocycles. The van der Waals surface area contributed by atoms with Gasteiger partial charge in [0.1, 0.15) is 11.4 Å². The monoisotopic (exact) mass is 409 g/mol. The van der Waals surface area contributed by atoms with E-state index in [4.69, 9.17) is 4.74 Å². The number of fused-ring (bicyclic) bond motifs is 1. The summed E-state index contributed by atoms with van der Waals surface area (Å²) >= 11 is 0. The van der Waals surface area contributed by atoms with Gasteiger partial charge < -0.3 is 19.8 Å². The molecule has 1 spiro atoms. The number of aliphatic hydroxyl groups is 2. The molecule has 2 heterocycles. The van der Waals surface area contributed by atoms with Crippen molar-refractivity contribution in [2.24, 2.45) is 0 Å². The molecular weight excluding hydrogens is 374 g/mol. The maximum absolute atomic E-state index is 10.8. The Hall–Kier alpha value is -1.88. The molecule has 4 nitrogen and oxygen atoms in total. The molecule has 2 N–H and O–H groups in total. The van der Waals surface area contributed by atoms with Gasteiger partial charge in [0.15, 0.2) is 0 Å². The third-order valence-corrected chi connectivity index (χ3v) is 6.78. The molecule has 4 heteroatoms. The van der Waals surface area contributed by atoms with Gasteiger partial charge in [0.25, 0.3) is 0 Å². The van der Waals surface area contributed by atoms with E-state index in [0.29, 0.717) is 13.0 Å². The molecule has 2 atom stereocenters. The van der Waals surface area contributed by atoms with Gasteiger partial charge in [-0.3, -0.25) is 0 Å². The van der Waals surface area contributed by atoms with Crippen LogP contribution in [0.1, 0.15) is 74.5 Å². The second-order valence-corrected chi connectivity index (χ2v) is 10.2. The van der Waals surface area contributed by atoms with Crippen molar-refractivity contribution in [3.63, 3.8) is 0 Å². The zero-order valence-electron chi connectivity index (χ0n) is 18.7. The predicted molar refractivity (Wildman–Crippen MR) is 120 cm³/mol. The Labute approximate surface area is 180 Å². The third-order valence-electron chi connectivity index (χ3n) is 6.78. The van der Waals surface area contributed by atoms with Gasteiger partial charge in [-0.05, 0) is 48.4 Å². The molecule has 2 aromatic carbocycles. The highest BCUT2D eigenvalue weighted by Gasteiger charge is 2.43. The van der Waals surface area contributed by atoms with Crippen molar-refractivity contribution in [1.82, 2.24) is 4.90 Å². The molecule has 0 amide bonds. The lowest BCUT2D eigenvalue weighted by atomic mass is 9.81. The largest absolute Gasteiger partial charge is 0.487 e. The van der Waals surface area contributed by atoms with Crippen molar-refractivity contribution in [3.8, 4) is 5.75 Å². The van der Waals surface area contributed by atoms with Crippen LogP contribution < -0.4 is 4.74 Å². The van der Waals surface area contributed by atoms with Gasteiger partial charge in [0.2, 0.25) is 0 Å². The molecule has 0 unspecified atom stereocenters. The lowest BCUT2D eigenvalue weighted by molar-refractivity contribution is -0.0588. The number of hydrogen-bond donors (Lipinski definition) is 2. The Morgan fingerprint density at radius 2 is 1.77 bits per heavy atom. The van der Waals surface area contributed by atoms with Crippen molar-refractivity contribution in [3.05, 3.63) is 64.7 Å². The Kier molecular flexibility index (Phi) is 5.69. The summed E-state index contributed by atoms with van der Waals surface area (Å²) in [7, 11) is 0. The van der Waals surface area contributed by atoms with Gasteiger partial charge in [-0.15, -0.1) is 0 Å². The Morgan fingerprint density at radius 1 is 1.10 bits per heavy atom. The second kappa shape index (κ2) is 7.99. The van der Waals surface area contributed by atoms with Crippen molar-refractivity contribution >= 4 is 0 Å². The second-order valence-electron chi connectivity index (χ2n) is 10.2. The number of β-amino-alcohol motifs (C(OH)–C–C–N with tert-alkyl or cyclic N) is 1. The highest BCUT2D eigenvalue weighted by atomic mass is 16.5. The molecular formula is C26H35NO3. The van der Waals surface area contributed by atoms with E-state index in [9.17, 15) is 10.2 Å². The summed E-state index contributed by atoms with van der Waals surface area (Å²) in [6.07, 6.45) is 1.43. The van der Waals surface area contributed by atoms with Crippen molar-refractivity contribution < 1.29 is 14.9 Å². The van der Waals surface area contributed by atoms with E-state index < -0.39 is 12.2 Å². The van der Waals surface area contributed by atoms with E-state index in [2.05, 4.69) is 49.9 Å². The fraction of sp³-hybridized carbons (Fsp3) is 0.538. The molecule has 0 aliphatic carbocycles. The van der Waals surface area contributed by atoms with Crippen LogP contribution in [0.15, 0.2) is 42.5 Å². The average molecular weight is 410 g/mol.